The molecule has 1 amide bonds. The van der Waals surface area contributed by atoms with Crippen molar-refractivity contribution in [1.82, 2.24) is 20.4 Å². The minimum atomic E-state index is -0.275. The van der Waals surface area contributed by atoms with Gasteiger partial charge in [0.1, 0.15) is 5.82 Å². The van der Waals surface area contributed by atoms with Crippen LogP contribution in [0.4, 0.5) is 10.1 Å². The molecule has 8 heteroatoms. The van der Waals surface area contributed by atoms with Crippen molar-refractivity contribution in [2.24, 2.45) is 0 Å². The molecule has 32 heavy (non-hydrogen) atoms. The zero-order chi connectivity index (χ0) is 22.5. The van der Waals surface area contributed by atoms with Gasteiger partial charge in [-0.05, 0) is 49.4 Å². The number of nitrogens with one attached hydrogen (secondary N) is 1. The zero-order valence-corrected chi connectivity index (χ0v) is 18.5. The maximum absolute atomic E-state index is 13.5. The highest BCUT2D eigenvalue weighted by molar-refractivity contribution is 5.76. The predicted octanol–water partition coefficient (Wildman–Crippen LogP) is 3.18. The summed E-state index contributed by atoms with van der Waals surface area (Å²) in [6.07, 6.45) is 0.597. The third kappa shape index (κ3) is 5.31. The first-order chi connectivity index (χ1) is 15.5. The Kier molecular flexibility index (Phi) is 6.80. The van der Waals surface area contributed by atoms with Crippen molar-refractivity contribution < 1.29 is 13.7 Å². The summed E-state index contributed by atoms with van der Waals surface area (Å²) in [6.45, 7) is 6.19. The molecule has 4 rings (SSSR count). The second-order valence-electron chi connectivity index (χ2n) is 8.17. The molecule has 0 atom stereocenters. The number of piperazine rings is 1. The number of aromatic nitrogens is 2. The maximum atomic E-state index is 13.5. The average molecular weight is 438 g/mol. The Labute approximate surface area is 187 Å². The third-order valence-corrected chi connectivity index (χ3v) is 5.76. The monoisotopic (exact) mass is 437 g/mol. The summed E-state index contributed by atoms with van der Waals surface area (Å²) in [7, 11) is 2.14. The Morgan fingerprint density at radius 2 is 1.94 bits per heavy atom. The molecule has 1 aliphatic heterocycles. The molecular weight excluding hydrogens is 409 g/mol. The van der Waals surface area contributed by atoms with E-state index in [2.05, 4.69) is 44.4 Å². The van der Waals surface area contributed by atoms with Crippen LogP contribution in [-0.4, -0.2) is 54.2 Å². The van der Waals surface area contributed by atoms with Crippen molar-refractivity contribution in [2.45, 2.75) is 26.3 Å². The van der Waals surface area contributed by atoms with Gasteiger partial charge in [0.15, 0.2) is 0 Å². The Bertz CT molecular complexity index is 1080. The van der Waals surface area contributed by atoms with E-state index in [9.17, 15) is 9.18 Å². The molecule has 2 aromatic carbocycles. The van der Waals surface area contributed by atoms with E-state index in [1.165, 1.54) is 11.8 Å². The van der Waals surface area contributed by atoms with Crippen molar-refractivity contribution in [3.05, 3.63) is 65.3 Å². The van der Waals surface area contributed by atoms with Gasteiger partial charge in [-0.2, -0.15) is 4.98 Å². The molecule has 0 radical (unpaired) electrons. The van der Waals surface area contributed by atoms with Crippen LogP contribution in [0.1, 0.15) is 23.4 Å². The lowest BCUT2D eigenvalue weighted by molar-refractivity contribution is -0.121. The van der Waals surface area contributed by atoms with Crippen LogP contribution in [0, 0.1) is 12.7 Å². The molecule has 1 saturated heterocycles. The number of benzene rings is 2. The van der Waals surface area contributed by atoms with E-state index in [1.54, 1.807) is 19.1 Å². The molecule has 0 bridgehead atoms. The van der Waals surface area contributed by atoms with Crippen molar-refractivity contribution >= 4 is 11.6 Å². The first-order valence-corrected chi connectivity index (χ1v) is 10.9. The van der Waals surface area contributed by atoms with Gasteiger partial charge >= 0.3 is 0 Å². The van der Waals surface area contributed by atoms with E-state index in [0.29, 0.717) is 35.8 Å². The van der Waals surface area contributed by atoms with E-state index in [4.69, 9.17) is 4.52 Å². The number of likely N-dealkylation sites (N-methyl/N-ethyl adjacent to an activating group) is 1. The molecule has 0 aliphatic carbocycles. The fourth-order valence-electron chi connectivity index (χ4n) is 3.78. The fourth-order valence-corrected chi connectivity index (χ4v) is 3.78. The van der Waals surface area contributed by atoms with Crippen LogP contribution >= 0.6 is 0 Å². The highest BCUT2D eigenvalue weighted by atomic mass is 19.1. The number of rotatable bonds is 7. The molecular formula is C24H28FN5O2. The number of amides is 1. The number of hydrogen-bond acceptors (Lipinski definition) is 6. The fraction of sp³-hybridized carbons (Fsp3) is 0.375. The standard InChI is InChI=1S/C24H28FN5O2/c1-17-15-18(7-8-20(17)25)24-27-23(32-28-24)10-9-22(31)26-16-19-5-3-4-6-21(19)30-13-11-29(2)12-14-30/h3-8,15H,9-14,16H2,1-2H3,(H,26,31). The summed E-state index contributed by atoms with van der Waals surface area (Å²) < 4.78 is 18.7. The summed E-state index contributed by atoms with van der Waals surface area (Å²) >= 11 is 0. The second kappa shape index (κ2) is 9.91. The summed E-state index contributed by atoms with van der Waals surface area (Å²) in [4.78, 5) is 21.4. The van der Waals surface area contributed by atoms with Crippen molar-refractivity contribution in [3.8, 4) is 11.4 Å². The van der Waals surface area contributed by atoms with Crippen molar-refractivity contribution in [2.75, 3.05) is 38.1 Å². The molecule has 2 heterocycles. The van der Waals surface area contributed by atoms with Crippen LogP contribution in [-0.2, 0) is 17.8 Å². The predicted molar refractivity (Wildman–Crippen MR) is 121 cm³/mol. The molecule has 0 unspecified atom stereocenters. The Balaban J connectivity index is 1.30. The lowest BCUT2D eigenvalue weighted by Gasteiger charge is -2.35. The summed E-state index contributed by atoms with van der Waals surface area (Å²) in [5.74, 6) is 0.429. The summed E-state index contributed by atoms with van der Waals surface area (Å²) in [6, 6.07) is 12.9. The van der Waals surface area contributed by atoms with Crippen LogP contribution in [0.2, 0.25) is 0 Å². The smallest absolute Gasteiger partial charge is 0.227 e. The highest BCUT2D eigenvalue weighted by Crippen LogP contribution is 2.22. The zero-order valence-electron chi connectivity index (χ0n) is 18.5. The van der Waals surface area contributed by atoms with E-state index in [1.807, 2.05) is 12.1 Å². The third-order valence-electron chi connectivity index (χ3n) is 5.76. The number of para-hydroxylation sites is 1. The van der Waals surface area contributed by atoms with Gasteiger partial charge in [-0.15, -0.1) is 0 Å². The van der Waals surface area contributed by atoms with Gasteiger partial charge in [0.25, 0.3) is 0 Å². The number of halogens is 1. The second-order valence-corrected chi connectivity index (χ2v) is 8.17. The van der Waals surface area contributed by atoms with Gasteiger partial charge < -0.3 is 19.6 Å². The lowest BCUT2D eigenvalue weighted by atomic mass is 10.1. The van der Waals surface area contributed by atoms with E-state index in [0.717, 1.165) is 31.7 Å². The Morgan fingerprint density at radius 1 is 1.16 bits per heavy atom. The number of hydrogen-bond donors (Lipinski definition) is 1. The Morgan fingerprint density at radius 3 is 2.72 bits per heavy atom. The minimum Gasteiger partial charge on any atom is -0.369 e. The summed E-state index contributed by atoms with van der Waals surface area (Å²) in [5, 5.41) is 6.95. The summed E-state index contributed by atoms with van der Waals surface area (Å²) in [5.41, 5.74) is 3.49. The van der Waals surface area contributed by atoms with Crippen LogP contribution < -0.4 is 10.2 Å². The number of carbonyl (C=O) groups is 1. The van der Waals surface area contributed by atoms with E-state index >= 15 is 0 Å². The SMILES string of the molecule is Cc1cc(-c2noc(CCC(=O)NCc3ccccc3N3CCN(C)CC3)n2)ccc1F. The minimum absolute atomic E-state index is 0.0736. The molecule has 0 saturated carbocycles. The molecule has 7 nitrogen and oxygen atoms in total. The largest absolute Gasteiger partial charge is 0.369 e. The number of anilines is 1. The van der Waals surface area contributed by atoms with Crippen LogP contribution in [0.5, 0.6) is 0 Å². The average Bonchev–Trinajstić information content (AvgIpc) is 3.28. The van der Waals surface area contributed by atoms with E-state index < -0.39 is 0 Å². The number of nitrogens with zero attached hydrogens (tertiary/aromatic N) is 4. The van der Waals surface area contributed by atoms with Crippen molar-refractivity contribution in [3.63, 3.8) is 0 Å². The van der Waals surface area contributed by atoms with Crippen molar-refractivity contribution in [1.29, 1.82) is 0 Å². The molecule has 1 aromatic heterocycles. The molecule has 3 aromatic rings. The number of carbonyl (C=O) groups excluding carboxylic acids is 1. The van der Waals surface area contributed by atoms with Gasteiger partial charge in [0.05, 0.1) is 0 Å². The quantitative estimate of drug-likeness (QED) is 0.612. The maximum Gasteiger partial charge on any atom is 0.227 e. The molecule has 1 fully saturated rings. The highest BCUT2D eigenvalue weighted by Gasteiger charge is 2.17. The van der Waals surface area contributed by atoms with Crippen LogP contribution in [0.3, 0.4) is 0 Å². The first-order valence-electron chi connectivity index (χ1n) is 10.9. The van der Waals surface area contributed by atoms with Gasteiger partial charge in [0, 0.05) is 56.8 Å². The normalized spacial score (nSPS) is 14.5. The molecule has 1 aliphatic rings. The van der Waals surface area contributed by atoms with E-state index in [-0.39, 0.29) is 18.1 Å². The molecule has 1 N–H and O–H groups in total. The number of aryl methyl sites for hydroxylation is 2. The van der Waals surface area contributed by atoms with Crippen LogP contribution in [0.15, 0.2) is 47.0 Å². The molecule has 168 valence electrons. The topological polar surface area (TPSA) is 74.5 Å². The molecule has 0 spiro atoms. The lowest BCUT2D eigenvalue weighted by Crippen LogP contribution is -2.45. The van der Waals surface area contributed by atoms with Crippen LogP contribution in [0.25, 0.3) is 11.4 Å². The van der Waals surface area contributed by atoms with Gasteiger partial charge in [0.2, 0.25) is 17.6 Å². The van der Waals surface area contributed by atoms with Gasteiger partial charge in [-0.3, -0.25) is 4.79 Å². The van der Waals surface area contributed by atoms with Gasteiger partial charge in [-0.1, -0.05) is 23.4 Å². The Hall–Kier alpha value is -3.26. The first kappa shape index (κ1) is 22.0. The van der Waals surface area contributed by atoms with Gasteiger partial charge in [-0.25, -0.2) is 4.39 Å².